The van der Waals surface area contributed by atoms with E-state index >= 15 is 0 Å². The lowest BCUT2D eigenvalue weighted by Gasteiger charge is -2.22. The molecule has 1 fully saturated rings. The summed E-state index contributed by atoms with van der Waals surface area (Å²) < 4.78 is 69.7. The largest absolute Gasteiger partial charge is 0.458 e. The lowest BCUT2D eigenvalue weighted by Crippen LogP contribution is -2.38. The Kier molecular flexibility index (Phi) is 4.34. The number of hydrogen-bond acceptors (Lipinski definition) is 6. The van der Waals surface area contributed by atoms with Crippen LogP contribution in [0.25, 0.3) is 0 Å². The Balaban J connectivity index is 2.48. The van der Waals surface area contributed by atoms with E-state index in [1.807, 2.05) is 0 Å². The molecule has 0 aliphatic carbocycles. The predicted octanol–water partition coefficient (Wildman–Crippen LogP) is 0.120. The molecule has 1 aromatic rings. The van der Waals surface area contributed by atoms with Gasteiger partial charge in [-0.05, 0) is 0 Å². The number of alkyl halides is 5. The molecule has 0 bridgehead atoms. The van der Waals surface area contributed by atoms with E-state index in [1.165, 1.54) is 0 Å². The first kappa shape index (κ1) is 17.6. The van der Waals surface area contributed by atoms with Gasteiger partial charge in [-0.1, -0.05) is 0 Å². The van der Waals surface area contributed by atoms with E-state index in [4.69, 9.17) is 15.6 Å². The van der Waals surface area contributed by atoms with Crippen LogP contribution < -0.4 is 11.4 Å². The number of nitrogen functional groups attached to an aromatic ring is 1. The Morgan fingerprint density at radius 3 is 2.48 bits per heavy atom. The molecular formula is C11H12F5N3O4. The highest BCUT2D eigenvalue weighted by atomic mass is 19.4. The Bertz CT molecular complexity index is 648. The number of hydrogen-bond donors (Lipinski definition) is 3. The lowest BCUT2D eigenvalue weighted by molar-refractivity contribution is -0.289. The van der Waals surface area contributed by atoms with E-state index < -0.39 is 54.2 Å². The van der Waals surface area contributed by atoms with Gasteiger partial charge < -0.3 is 20.7 Å². The molecule has 23 heavy (non-hydrogen) atoms. The maximum Gasteiger partial charge on any atom is 0.458 e. The van der Waals surface area contributed by atoms with Crippen molar-refractivity contribution in [2.75, 3.05) is 12.3 Å². The highest BCUT2D eigenvalue weighted by Crippen LogP contribution is 2.45. The van der Waals surface area contributed by atoms with Crippen LogP contribution in [0.15, 0.2) is 11.0 Å². The molecule has 3 atom stereocenters. The monoisotopic (exact) mass is 345 g/mol. The molecule has 1 aliphatic rings. The van der Waals surface area contributed by atoms with Crippen molar-refractivity contribution in [2.45, 2.75) is 37.0 Å². The van der Waals surface area contributed by atoms with Crippen LogP contribution in [0, 0.1) is 0 Å². The molecule has 2 heterocycles. The van der Waals surface area contributed by atoms with Crippen molar-refractivity contribution < 1.29 is 36.9 Å². The van der Waals surface area contributed by atoms with Gasteiger partial charge in [-0.15, -0.1) is 0 Å². The standard InChI is InChI=1S/C11H12F5N3O4/c12-10(13,11(14,15)16)4-2-19(9(22)18-8(4)17)7-1-5(21)6(3-20)23-7/h2,5-7,20-21H,1,3H2,(H2,17,18,22)/t5?,6-,7-/m1/s1. The van der Waals surface area contributed by atoms with Gasteiger partial charge in [-0.3, -0.25) is 4.57 Å². The van der Waals surface area contributed by atoms with Crippen molar-refractivity contribution in [3.63, 3.8) is 0 Å². The summed E-state index contributed by atoms with van der Waals surface area (Å²) in [5.41, 5.74) is 2.10. The number of nitrogens with zero attached hydrogens (tertiary/aromatic N) is 2. The van der Waals surface area contributed by atoms with Crippen molar-refractivity contribution in [3.8, 4) is 0 Å². The number of aliphatic hydroxyl groups excluding tert-OH is 2. The maximum absolute atomic E-state index is 13.5. The first-order chi connectivity index (χ1) is 10.5. The summed E-state index contributed by atoms with van der Waals surface area (Å²) in [6.45, 7) is -0.625. The number of nitrogens with two attached hydrogens (primary N) is 1. The maximum atomic E-state index is 13.5. The third kappa shape index (κ3) is 3.01. The molecule has 12 heteroatoms. The minimum absolute atomic E-state index is 0.204. The van der Waals surface area contributed by atoms with Gasteiger partial charge in [0.1, 0.15) is 18.1 Å². The fourth-order valence-electron chi connectivity index (χ4n) is 2.13. The number of halogens is 5. The van der Waals surface area contributed by atoms with Gasteiger partial charge >= 0.3 is 17.8 Å². The highest BCUT2D eigenvalue weighted by Gasteiger charge is 2.60. The van der Waals surface area contributed by atoms with Crippen molar-refractivity contribution in [3.05, 3.63) is 22.2 Å². The van der Waals surface area contributed by atoms with Crippen LogP contribution in [-0.2, 0) is 10.7 Å². The average Bonchev–Trinajstić information content (AvgIpc) is 2.78. The molecule has 2 rings (SSSR count). The Morgan fingerprint density at radius 2 is 2.00 bits per heavy atom. The van der Waals surface area contributed by atoms with E-state index in [0.29, 0.717) is 4.57 Å². The van der Waals surface area contributed by atoms with E-state index in [9.17, 15) is 31.9 Å². The molecule has 1 aromatic heterocycles. The van der Waals surface area contributed by atoms with Gasteiger partial charge in [0, 0.05) is 12.6 Å². The van der Waals surface area contributed by atoms with Crippen molar-refractivity contribution in [1.82, 2.24) is 9.55 Å². The molecule has 1 saturated heterocycles. The molecule has 1 unspecified atom stereocenters. The highest BCUT2D eigenvalue weighted by molar-refractivity contribution is 5.41. The molecule has 0 amide bonds. The molecule has 1 aliphatic heterocycles. The summed E-state index contributed by atoms with van der Waals surface area (Å²) in [5, 5.41) is 18.5. The van der Waals surface area contributed by atoms with Crippen molar-refractivity contribution in [1.29, 1.82) is 0 Å². The fraction of sp³-hybridized carbons (Fsp3) is 0.636. The molecule has 0 radical (unpaired) electrons. The Hall–Kier alpha value is -1.79. The van der Waals surface area contributed by atoms with Crippen molar-refractivity contribution >= 4 is 5.82 Å². The molecular weight excluding hydrogens is 333 g/mol. The zero-order valence-electron chi connectivity index (χ0n) is 11.3. The summed E-state index contributed by atoms with van der Waals surface area (Å²) in [6.07, 6.45) is -9.71. The summed E-state index contributed by atoms with van der Waals surface area (Å²) >= 11 is 0. The predicted molar refractivity (Wildman–Crippen MR) is 64.5 cm³/mol. The second-order valence-corrected chi connectivity index (χ2v) is 4.92. The summed E-state index contributed by atoms with van der Waals surface area (Å²) in [7, 11) is 0. The number of aliphatic hydroxyl groups is 2. The van der Waals surface area contributed by atoms with E-state index in [1.54, 1.807) is 0 Å². The van der Waals surface area contributed by atoms with Crippen LogP contribution in [0.5, 0.6) is 0 Å². The SMILES string of the molecule is Nc1nc(=O)n([C@H]2CC(O)[C@@H](CO)O2)cc1C(F)(F)C(F)(F)F. The first-order valence-electron chi connectivity index (χ1n) is 6.27. The van der Waals surface area contributed by atoms with Crippen LogP contribution in [0.4, 0.5) is 27.8 Å². The molecule has 0 aromatic carbocycles. The minimum atomic E-state index is -5.94. The van der Waals surface area contributed by atoms with Crippen molar-refractivity contribution in [2.24, 2.45) is 0 Å². The lowest BCUT2D eigenvalue weighted by atomic mass is 10.1. The van der Waals surface area contributed by atoms with Crippen LogP contribution in [0.3, 0.4) is 0 Å². The van der Waals surface area contributed by atoms with Crippen LogP contribution in [0.2, 0.25) is 0 Å². The molecule has 4 N–H and O–H groups in total. The second kappa shape index (κ2) is 5.69. The number of ether oxygens (including phenoxy) is 1. The minimum Gasteiger partial charge on any atom is -0.394 e. The van der Waals surface area contributed by atoms with Gasteiger partial charge in [0.2, 0.25) is 0 Å². The van der Waals surface area contributed by atoms with E-state index in [0.717, 1.165) is 0 Å². The van der Waals surface area contributed by atoms with Crippen LogP contribution >= 0.6 is 0 Å². The van der Waals surface area contributed by atoms with E-state index in [-0.39, 0.29) is 12.6 Å². The third-order valence-corrected chi connectivity index (χ3v) is 3.37. The molecule has 130 valence electrons. The number of rotatable bonds is 3. The number of aromatic nitrogens is 2. The smallest absolute Gasteiger partial charge is 0.394 e. The number of anilines is 1. The van der Waals surface area contributed by atoms with Crippen LogP contribution in [-0.4, -0.2) is 44.8 Å². The summed E-state index contributed by atoms with van der Waals surface area (Å²) in [4.78, 5) is 14.6. The average molecular weight is 345 g/mol. The zero-order valence-corrected chi connectivity index (χ0v) is 11.3. The van der Waals surface area contributed by atoms with Gasteiger partial charge in [-0.2, -0.15) is 26.9 Å². The van der Waals surface area contributed by atoms with Gasteiger partial charge in [0.05, 0.1) is 18.3 Å². The molecule has 7 nitrogen and oxygen atoms in total. The quantitative estimate of drug-likeness (QED) is 0.671. The van der Waals surface area contributed by atoms with Crippen LogP contribution in [0.1, 0.15) is 18.2 Å². The molecule has 0 spiro atoms. The Morgan fingerprint density at radius 1 is 1.39 bits per heavy atom. The zero-order chi connectivity index (χ0) is 17.6. The first-order valence-corrected chi connectivity index (χ1v) is 6.27. The van der Waals surface area contributed by atoms with Gasteiger partial charge in [-0.25, -0.2) is 4.79 Å². The fourth-order valence-corrected chi connectivity index (χ4v) is 2.13. The summed E-state index contributed by atoms with van der Waals surface area (Å²) in [6, 6.07) is 0. The van der Waals surface area contributed by atoms with Gasteiger partial charge in [0.15, 0.2) is 0 Å². The normalized spacial score (nSPS) is 25.8. The van der Waals surface area contributed by atoms with Gasteiger partial charge in [0.25, 0.3) is 0 Å². The summed E-state index contributed by atoms with van der Waals surface area (Å²) in [5.74, 6) is -6.58. The van der Waals surface area contributed by atoms with E-state index in [2.05, 4.69) is 4.98 Å². The Labute approximate surface area is 125 Å². The third-order valence-electron chi connectivity index (χ3n) is 3.37. The topological polar surface area (TPSA) is 111 Å². The molecule has 0 saturated carbocycles. The second-order valence-electron chi connectivity index (χ2n) is 4.92.